The first kappa shape index (κ1) is 18.5. The van der Waals surface area contributed by atoms with Crippen LogP contribution in [-0.2, 0) is 11.2 Å². The van der Waals surface area contributed by atoms with E-state index in [-0.39, 0.29) is 5.97 Å². The topological polar surface area (TPSA) is 75.0 Å². The number of anilines is 1. The first-order valence-corrected chi connectivity index (χ1v) is 9.32. The minimum absolute atomic E-state index is 0.329. The van der Waals surface area contributed by atoms with Gasteiger partial charge in [0.1, 0.15) is 0 Å². The Morgan fingerprint density at radius 1 is 1.07 bits per heavy atom. The van der Waals surface area contributed by atoms with Crippen molar-refractivity contribution in [2.75, 3.05) is 19.0 Å². The van der Waals surface area contributed by atoms with Crippen molar-refractivity contribution in [2.45, 2.75) is 6.42 Å². The summed E-state index contributed by atoms with van der Waals surface area (Å²) < 4.78 is 4.78. The number of carbonyl (C=O) groups excluding carboxylic acids is 1. The Balaban J connectivity index is 1.49. The second-order valence-electron chi connectivity index (χ2n) is 6.77. The highest BCUT2D eigenvalue weighted by Gasteiger charge is 2.07. The van der Waals surface area contributed by atoms with Crippen LogP contribution in [0.5, 0.6) is 0 Å². The average molecular weight is 381 g/mol. The molecule has 0 amide bonds. The number of benzene rings is 3. The molecule has 29 heavy (non-hydrogen) atoms. The van der Waals surface area contributed by atoms with Gasteiger partial charge in [-0.15, -0.1) is 0 Å². The predicted octanol–water partition coefficient (Wildman–Crippen LogP) is 4.70. The van der Waals surface area contributed by atoms with Gasteiger partial charge in [0.2, 0.25) is 0 Å². The maximum atomic E-state index is 11.7. The van der Waals surface area contributed by atoms with E-state index in [1.807, 2.05) is 36.4 Å². The summed E-state index contributed by atoms with van der Waals surface area (Å²) in [4.78, 5) is 16.0. The van der Waals surface area contributed by atoms with Crippen LogP contribution >= 0.6 is 0 Å². The minimum atomic E-state index is -0.329. The molecule has 4 rings (SSSR count). The van der Waals surface area contributed by atoms with Gasteiger partial charge in [-0.05, 0) is 59.2 Å². The third-order valence-electron chi connectivity index (χ3n) is 4.93. The number of methoxy groups -OCH3 is 1. The van der Waals surface area contributed by atoms with Crippen LogP contribution in [0.2, 0.25) is 0 Å². The number of ether oxygens (including phenoxy) is 1. The van der Waals surface area contributed by atoms with Crippen LogP contribution in [0.3, 0.4) is 0 Å². The fraction of sp³-hybridized carbons (Fsp3) is 0.125. The van der Waals surface area contributed by atoms with Gasteiger partial charge in [-0.2, -0.15) is 5.26 Å². The Morgan fingerprint density at radius 2 is 1.90 bits per heavy atom. The summed E-state index contributed by atoms with van der Waals surface area (Å²) in [6.07, 6.45) is 2.61. The smallest absolute Gasteiger partial charge is 0.337 e. The van der Waals surface area contributed by atoms with E-state index in [9.17, 15) is 4.79 Å². The predicted molar refractivity (Wildman–Crippen MR) is 114 cm³/mol. The quantitative estimate of drug-likeness (QED) is 0.507. The van der Waals surface area contributed by atoms with E-state index in [0.717, 1.165) is 40.3 Å². The van der Waals surface area contributed by atoms with Crippen molar-refractivity contribution in [3.05, 3.63) is 83.6 Å². The summed E-state index contributed by atoms with van der Waals surface area (Å²) in [5, 5.41) is 15.6. The zero-order valence-electron chi connectivity index (χ0n) is 16.0. The molecule has 0 saturated carbocycles. The van der Waals surface area contributed by atoms with Gasteiger partial charge >= 0.3 is 5.97 Å². The summed E-state index contributed by atoms with van der Waals surface area (Å²) >= 11 is 0. The van der Waals surface area contributed by atoms with Crippen molar-refractivity contribution in [3.8, 4) is 6.07 Å². The van der Waals surface area contributed by atoms with Crippen molar-refractivity contribution in [2.24, 2.45) is 0 Å². The summed E-state index contributed by atoms with van der Waals surface area (Å²) in [5.74, 6) is -0.329. The number of fused-ring (bicyclic) bond motifs is 2. The van der Waals surface area contributed by atoms with E-state index in [1.165, 1.54) is 12.7 Å². The molecular formula is C24H19N3O2. The van der Waals surface area contributed by atoms with Crippen molar-refractivity contribution in [3.63, 3.8) is 0 Å². The Labute approximate surface area is 168 Å². The molecular weight excluding hydrogens is 362 g/mol. The zero-order valence-corrected chi connectivity index (χ0v) is 16.0. The summed E-state index contributed by atoms with van der Waals surface area (Å²) in [7, 11) is 1.38. The molecule has 142 valence electrons. The van der Waals surface area contributed by atoms with Crippen molar-refractivity contribution in [1.29, 1.82) is 5.26 Å². The van der Waals surface area contributed by atoms with Crippen LogP contribution in [0.25, 0.3) is 21.7 Å². The van der Waals surface area contributed by atoms with E-state index in [2.05, 4.69) is 28.5 Å². The third-order valence-corrected chi connectivity index (χ3v) is 4.93. The maximum absolute atomic E-state index is 11.7. The van der Waals surface area contributed by atoms with Gasteiger partial charge in [0, 0.05) is 23.8 Å². The Morgan fingerprint density at radius 3 is 2.72 bits per heavy atom. The lowest BCUT2D eigenvalue weighted by Gasteiger charge is -2.10. The number of rotatable bonds is 5. The fourth-order valence-electron chi connectivity index (χ4n) is 3.41. The van der Waals surface area contributed by atoms with Crippen LogP contribution in [0.15, 0.2) is 66.9 Å². The first-order valence-electron chi connectivity index (χ1n) is 9.32. The number of nitrogens with one attached hydrogen (secondary N) is 1. The number of hydrogen-bond acceptors (Lipinski definition) is 5. The lowest BCUT2D eigenvalue weighted by Crippen LogP contribution is -2.05. The van der Waals surface area contributed by atoms with Crippen LogP contribution in [0.4, 0.5) is 5.69 Å². The Bertz CT molecular complexity index is 1260. The molecule has 0 aliphatic heterocycles. The third kappa shape index (κ3) is 3.87. The van der Waals surface area contributed by atoms with Gasteiger partial charge in [0.15, 0.2) is 0 Å². The van der Waals surface area contributed by atoms with E-state index < -0.39 is 0 Å². The van der Waals surface area contributed by atoms with E-state index in [0.29, 0.717) is 11.1 Å². The normalized spacial score (nSPS) is 10.6. The van der Waals surface area contributed by atoms with Gasteiger partial charge in [-0.1, -0.05) is 24.3 Å². The highest BCUT2D eigenvalue weighted by atomic mass is 16.5. The van der Waals surface area contributed by atoms with Crippen molar-refractivity contribution in [1.82, 2.24) is 4.98 Å². The van der Waals surface area contributed by atoms with Gasteiger partial charge in [-0.3, -0.25) is 4.98 Å². The number of pyridine rings is 1. The number of nitrogens with zero attached hydrogens (tertiary/aromatic N) is 2. The number of hydrogen-bond donors (Lipinski definition) is 1. The first-order chi connectivity index (χ1) is 14.2. The fourth-order valence-corrected chi connectivity index (χ4v) is 3.41. The molecule has 4 aromatic rings. The molecule has 1 N–H and O–H groups in total. The second-order valence-corrected chi connectivity index (χ2v) is 6.77. The molecule has 1 aromatic heterocycles. The molecule has 0 radical (unpaired) electrons. The molecule has 0 spiro atoms. The molecule has 0 saturated heterocycles. The zero-order chi connectivity index (χ0) is 20.2. The number of carbonyl (C=O) groups is 1. The highest BCUT2D eigenvalue weighted by molar-refractivity contribution is 5.95. The van der Waals surface area contributed by atoms with Crippen LogP contribution in [0, 0.1) is 11.3 Å². The molecule has 0 fully saturated rings. The Hall–Kier alpha value is -3.91. The standard InChI is InChI=1S/C24H19N3O2/c1-29-24(28)20-6-5-18-12-16(2-4-19(18)14-20)8-10-26-23-9-11-27-22-7-3-17(15-25)13-21(22)23/h2-7,9,11-14H,8,10H2,1H3,(H,26,27). The molecule has 0 unspecified atom stereocenters. The summed E-state index contributed by atoms with van der Waals surface area (Å²) in [6, 6.07) is 21.4. The average Bonchev–Trinajstić information content (AvgIpc) is 2.78. The van der Waals surface area contributed by atoms with Crippen LogP contribution < -0.4 is 5.32 Å². The van der Waals surface area contributed by atoms with Gasteiger partial charge in [0.05, 0.1) is 29.8 Å². The van der Waals surface area contributed by atoms with Crippen LogP contribution in [0.1, 0.15) is 21.5 Å². The second kappa shape index (κ2) is 7.99. The highest BCUT2D eigenvalue weighted by Crippen LogP contribution is 2.23. The number of aromatic nitrogens is 1. The number of esters is 1. The lowest BCUT2D eigenvalue weighted by atomic mass is 10.0. The molecule has 5 heteroatoms. The Kier molecular flexibility index (Phi) is 5.08. The lowest BCUT2D eigenvalue weighted by molar-refractivity contribution is 0.0601. The minimum Gasteiger partial charge on any atom is -0.465 e. The summed E-state index contributed by atoms with van der Waals surface area (Å²) in [6.45, 7) is 0.752. The number of nitriles is 1. The molecule has 5 nitrogen and oxygen atoms in total. The molecule has 0 bridgehead atoms. The van der Waals surface area contributed by atoms with E-state index in [1.54, 1.807) is 18.3 Å². The molecule has 0 aliphatic carbocycles. The van der Waals surface area contributed by atoms with Crippen LogP contribution in [-0.4, -0.2) is 24.6 Å². The van der Waals surface area contributed by atoms with Gasteiger partial charge in [0.25, 0.3) is 0 Å². The molecule has 3 aromatic carbocycles. The van der Waals surface area contributed by atoms with Crippen molar-refractivity contribution >= 4 is 33.3 Å². The van der Waals surface area contributed by atoms with Crippen molar-refractivity contribution < 1.29 is 9.53 Å². The molecule has 0 aliphatic rings. The largest absolute Gasteiger partial charge is 0.465 e. The molecule has 0 atom stereocenters. The van der Waals surface area contributed by atoms with Gasteiger partial charge in [-0.25, -0.2) is 4.79 Å². The maximum Gasteiger partial charge on any atom is 0.337 e. The summed E-state index contributed by atoms with van der Waals surface area (Å²) in [5.41, 5.74) is 4.20. The van der Waals surface area contributed by atoms with Gasteiger partial charge < -0.3 is 10.1 Å². The van der Waals surface area contributed by atoms with E-state index in [4.69, 9.17) is 10.00 Å². The monoisotopic (exact) mass is 381 g/mol. The van der Waals surface area contributed by atoms with E-state index >= 15 is 0 Å². The molecule has 1 heterocycles. The SMILES string of the molecule is COC(=O)c1ccc2cc(CCNc3ccnc4ccc(C#N)cc34)ccc2c1.